The van der Waals surface area contributed by atoms with Gasteiger partial charge in [0.2, 0.25) is 0 Å². The van der Waals surface area contributed by atoms with E-state index in [1.807, 2.05) is 4.99 Å². The van der Waals surface area contributed by atoms with Crippen LogP contribution in [0.1, 0.15) is 25.7 Å². The van der Waals surface area contributed by atoms with Crippen LogP contribution >= 0.6 is 15.9 Å². The number of ether oxygens (including phenoxy) is 1. The Bertz CT molecular complexity index is 125. The first-order valence-corrected chi connectivity index (χ1v) is 4.58. The van der Waals surface area contributed by atoms with E-state index >= 15 is 0 Å². The molecule has 0 unspecified atom stereocenters. The van der Waals surface area contributed by atoms with Crippen LogP contribution < -0.4 is 0 Å². The molecule has 1 aliphatic carbocycles. The predicted molar refractivity (Wildman–Crippen MR) is 46.3 cm³/mol. The van der Waals surface area contributed by atoms with Crippen LogP contribution in [0.4, 0.5) is 0 Å². The van der Waals surface area contributed by atoms with Crippen LogP contribution in [0.15, 0.2) is 11.1 Å². The molecule has 0 aliphatic heterocycles. The van der Waals surface area contributed by atoms with Crippen LogP contribution in [0, 0.1) is 0 Å². The van der Waals surface area contributed by atoms with Crippen LogP contribution in [0.25, 0.3) is 0 Å². The Morgan fingerprint density at radius 2 is 2.00 bits per heavy atom. The van der Waals surface area contributed by atoms with Crippen molar-refractivity contribution in [2.24, 2.45) is 0 Å². The Labute approximate surface area is 70.6 Å². The first-order chi connectivity index (χ1) is 4.83. The Balaban J connectivity index is 2.57. The molecule has 0 aromatic rings. The molecule has 0 spiro atoms. The summed E-state index contributed by atoms with van der Waals surface area (Å²) in [6.45, 7) is 0. The van der Waals surface area contributed by atoms with Crippen molar-refractivity contribution in [1.29, 1.82) is 0 Å². The molecule has 0 N–H and O–H groups in total. The van der Waals surface area contributed by atoms with Crippen molar-refractivity contribution in [1.82, 2.24) is 0 Å². The van der Waals surface area contributed by atoms with E-state index in [0.29, 0.717) is 0 Å². The molecule has 1 nitrogen and oxygen atoms in total. The van der Waals surface area contributed by atoms with Gasteiger partial charge in [0.1, 0.15) is 0 Å². The molecule has 0 atom stereocenters. The molecule has 1 fully saturated rings. The summed E-state index contributed by atoms with van der Waals surface area (Å²) in [7, 11) is 1.79. The van der Waals surface area contributed by atoms with Crippen molar-refractivity contribution < 1.29 is 4.74 Å². The third-order valence-electron chi connectivity index (χ3n) is 2.22. The van der Waals surface area contributed by atoms with Gasteiger partial charge >= 0.3 is 0 Å². The van der Waals surface area contributed by atoms with E-state index in [-0.39, 0.29) is 5.60 Å². The molecule has 0 amide bonds. The van der Waals surface area contributed by atoms with Gasteiger partial charge in [-0.25, -0.2) is 0 Å². The monoisotopic (exact) mass is 204 g/mol. The molecule has 58 valence electrons. The Hall–Kier alpha value is 0.180. The largest absolute Gasteiger partial charge is 0.374 e. The van der Waals surface area contributed by atoms with E-state index in [2.05, 4.69) is 22.0 Å². The van der Waals surface area contributed by atoms with Gasteiger partial charge < -0.3 is 4.74 Å². The fraction of sp³-hybridized carbons (Fsp3) is 0.750. The molecular formula is C8H13BrO. The van der Waals surface area contributed by atoms with Gasteiger partial charge in [-0.1, -0.05) is 28.8 Å². The summed E-state index contributed by atoms with van der Waals surface area (Å²) < 4.78 is 5.42. The first-order valence-electron chi connectivity index (χ1n) is 3.66. The lowest BCUT2D eigenvalue weighted by Gasteiger charge is -2.22. The van der Waals surface area contributed by atoms with E-state index in [1.165, 1.54) is 25.7 Å². The second-order valence-corrected chi connectivity index (χ2v) is 3.30. The van der Waals surface area contributed by atoms with Crippen molar-refractivity contribution in [3.05, 3.63) is 11.1 Å². The molecular weight excluding hydrogens is 192 g/mol. The molecule has 10 heavy (non-hydrogen) atoms. The summed E-state index contributed by atoms with van der Waals surface area (Å²) in [6.07, 6.45) is 7.05. The smallest absolute Gasteiger partial charge is 0.0866 e. The van der Waals surface area contributed by atoms with Gasteiger partial charge in [-0.15, -0.1) is 0 Å². The first kappa shape index (κ1) is 8.28. The average Bonchev–Trinajstić information content (AvgIpc) is 2.39. The predicted octanol–water partition coefficient (Wildman–Crippen LogP) is 2.85. The standard InChI is InChI=1S/C8H13BrO/c1-10-8(6-7-9)4-2-3-5-8/h6-7H,2-5H2,1H3/b7-6+. The summed E-state index contributed by atoms with van der Waals surface area (Å²) in [5.41, 5.74) is 0.0590. The molecule has 0 heterocycles. The van der Waals surface area contributed by atoms with Gasteiger partial charge in [0.25, 0.3) is 0 Å². The fourth-order valence-corrected chi connectivity index (χ4v) is 2.01. The lowest BCUT2D eigenvalue weighted by Crippen LogP contribution is -2.23. The Morgan fingerprint density at radius 1 is 1.40 bits per heavy atom. The molecule has 1 aliphatic rings. The van der Waals surface area contributed by atoms with Crippen LogP contribution in [0.2, 0.25) is 0 Å². The van der Waals surface area contributed by atoms with Crippen molar-refractivity contribution in [2.75, 3.05) is 7.11 Å². The number of hydrogen-bond acceptors (Lipinski definition) is 1. The maximum atomic E-state index is 5.42. The van der Waals surface area contributed by atoms with E-state index in [4.69, 9.17) is 4.74 Å². The maximum Gasteiger partial charge on any atom is 0.0866 e. The maximum absolute atomic E-state index is 5.42. The van der Waals surface area contributed by atoms with Gasteiger partial charge in [0.15, 0.2) is 0 Å². The van der Waals surface area contributed by atoms with Crippen LogP contribution in [0.3, 0.4) is 0 Å². The third-order valence-corrected chi connectivity index (χ3v) is 2.49. The molecule has 2 heteroatoms. The summed E-state index contributed by atoms with van der Waals surface area (Å²) >= 11 is 3.27. The molecule has 0 bridgehead atoms. The lowest BCUT2D eigenvalue weighted by molar-refractivity contribution is 0.0390. The average molecular weight is 205 g/mol. The van der Waals surface area contributed by atoms with Gasteiger partial charge in [-0.05, 0) is 23.9 Å². The summed E-state index contributed by atoms with van der Waals surface area (Å²) in [4.78, 5) is 1.90. The summed E-state index contributed by atoms with van der Waals surface area (Å²) in [6, 6.07) is 0. The van der Waals surface area contributed by atoms with Gasteiger partial charge in [0, 0.05) is 7.11 Å². The normalized spacial score (nSPS) is 24.2. The lowest BCUT2D eigenvalue weighted by atomic mass is 10.0. The van der Waals surface area contributed by atoms with Gasteiger partial charge in [0.05, 0.1) is 5.60 Å². The minimum Gasteiger partial charge on any atom is -0.374 e. The SMILES string of the molecule is COC1(/C=C/Br)CCCC1. The molecule has 0 aromatic carbocycles. The van der Waals surface area contributed by atoms with Crippen molar-refractivity contribution in [3.63, 3.8) is 0 Å². The number of rotatable bonds is 2. The zero-order valence-electron chi connectivity index (χ0n) is 6.27. The van der Waals surface area contributed by atoms with Gasteiger partial charge in [-0.2, -0.15) is 0 Å². The summed E-state index contributed by atoms with van der Waals surface area (Å²) in [5, 5.41) is 0. The van der Waals surface area contributed by atoms with E-state index in [9.17, 15) is 0 Å². The van der Waals surface area contributed by atoms with Gasteiger partial charge in [-0.3, -0.25) is 0 Å². The second kappa shape index (κ2) is 3.54. The number of hydrogen-bond donors (Lipinski definition) is 0. The molecule has 1 rings (SSSR count). The van der Waals surface area contributed by atoms with E-state index < -0.39 is 0 Å². The highest BCUT2D eigenvalue weighted by Crippen LogP contribution is 2.33. The van der Waals surface area contributed by atoms with Crippen molar-refractivity contribution >= 4 is 15.9 Å². The van der Waals surface area contributed by atoms with Crippen LogP contribution in [-0.2, 0) is 4.74 Å². The van der Waals surface area contributed by atoms with E-state index in [0.717, 1.165) is 0 Å². The molecule has 0 radical (unpaired) electrons. The minimum absolute atomic E-state index is 0.0590. The topological polar surface area (TPSA) is 9.23 Å². The zero-order chi connectivity index (χ0) is 7.45. The highest BCUT2D eigenvalue weighted by Gasteiger charge is 2.30. The van der Waals surface area contributed by atoms with E-state index in [1.54, 1.807) is 7.11 Å². The molecule has 0 saturated heterocycles. The summed E-state index contributed by atoms with van der Waals surface area (Å²) in [5.74, 6) is 0. The van der Waals surface area contributed by atoms with Crippen LogP contribution in [0.5, 0.6) is 0 Å². The Morgan fingerprint density at radius 3 is 2.40 bits per heavy atom. The number of methoxy groups -OCH3 is 1. The zero-order valence-corrected chi connectivity index (χ0v) is 7.86. The quantitative estimate of drug-likeness (QED) is 0.673. The number of halogens is 1. The molecule has 0 aromatic heterocycles. The highest BCUT2D eigenvalue weighted by molar-refractivity contribution is 9.11. The third kappa shape index (κ3) is 1.61. The minimum atomic E-state index is 0.0590. The molecule has 1 saturated carbocycles. The van der Waals surface area contributed by atoms with Crippen molar-refractivity contribution in [3.8, 4) is 0 Å². The second-order valence-electron chi connectivity index (χ2n) is 2.77. The Kier molecular flexibility index (Phi) is 2.93. The van der Waals surface area contributed by atoms with Crippen LogP contribution in [-0.4, -0.2) is 12.7 Å². The van der Waals surface area contributed by atoms with Crippen molar-refractivity contribution in [2.45, 2.75) is 31.3 Å². The fourth-order valence-electron chi connectivity index (χ4n) is 1.53. The highest BCUT2D eigenvalue weighted by atomic mass is 79.9.